The Labute approximate surface area is 151 Å². The SMILES string of the molecule is CCOCCOc1ccc(NC(=O)CNc2ccc(F)c(Cl)c2)cc1. The molecule has 0 heterocycles. The summed E-state index contributed by atoms with van der Waals surface area (Å²) in [4.78, 5) is 11.9. The smallest absolute Gasteiger partial charge is 0.243 e. The Bertz CT molecular complexity index is 695. The largest absolute Gasteiger partial charge is 0.491 e. The number of carbonyl (C=O) groups excluding carboxylic acids is 1. The fraction of sp³-hybridized carbons (Fsp3) is 0.278. The van der Waals surface area contributed by atoms with E-state index >= 15 is 0 Å². The van der Waals surface area contributed by atoms with Crippen molar-refractivity contribution in [1.82, 2.24) is 0 Å². The lowest BCUT2D eigenvalue weighted by molar-refractivity contribution is -0.114. The summed E-state index contributed by atoms with van der Waals surface area (Å²) >= 11 is 5.69. The first-order chi connectivity index (χ1) is 12.1. The molecule has 0 radical (unpaired) electrons. The monoisotopic (exact) mass is 366 g/mol. The average Bonchev–Trinajstić information content (AvgIpc) is 2.61. The van der Waals surface area contributed by atoms with E-state index < -0.39 is 5.82 Å². The van der Waals surface area contributed by atoms with Crippen LogP contribution in [0.3, 0.4) is 0 Å². The molecule has 7 heteroatoms. The standard InChI is InChI=1S/C18H20ClFN2O3/c1-2-24-9-10-25-15-6-3-13(4-7-15)22-18(23)12-21-14-5-8-17(20)16(19)11-14/h3-8,11,21H,2,9-10,12H2,1H3,(H,22,23). The Morgan fingerprint density at radius 3 is 2.52 bits per heavy atom. The summed E-state index contributed by atoms with van der Waals surface area (Å²) < 4.78 is 23.8. The van der Waals surface area contributed by atoms with Gasteiger partial charge in [0.15, 0.2) is 0 Å². The molecule has 2 aromatic rings. The number of nitrogens with one attached hydrogen (secondary N) is 2. The molecular formula is C18H20ClFN2O3. The van der Waals surface area contributed by atoms with Gasteiger partial charge in [0.1, 0.15) is 18.2 Å². The third kappa shape index (κ3) is 6.60. The minimum atomic E-state index is -0.500. The zero-order chi connectivity index (χ0) is 18.1. The number of rotatable bonds is 9. The second-order valence-electron chi connectivity index (χ2n) is 5.10. The molecule has 0 saturated heterocycles. The van der Waals surface area contributed by atoms with Crippen LogP contribution >= 0.6 is 11.6 Å². The van der Waals surface area contributed by atoms with Crippen LogP contribution in [-0.2, 0) is 9.53 Å². The molecule has 0 atom stereocenters. The quantitative estimate of drug-likeness (QED) is 0.660. The number of anilines is 2. The van der Waals surface area contributed by atoms with Crippen molar-refractivity contribution in [1.29, 1.82) is 0 Å². The molecule has 2 aromatic carbocycles. The van der Waals surface area contributed by atoms with Crippen molar-refractivity contribution in [2.24, 2.45) is 0 Å². The minimum absolute atomic E-state index is 0.00494. The van der Waals surface area contributed by atoms with E-state index in [9.17, 15) is 9.18 Å². The van der Waals surface area contributed by atoms with E-state index in [0.29, 0.717) is 36.9 Å². The number of benzene rings is 2. The van der Waals surface area contributed by atoms with Crippen molar-refractivity contribution in [3.05, 3.63) is 53.3 Å². The summed E-state index contributed by atoms with van der Waals surface area (Å²) in [6.45, 7) is 3.63. The second-order valence-corrected chi connectivity index (χ2v) is 5.51. The van der Waals surface area contributed by atoms with E-state index in [4.69, 9.17) is 21.1 Å². The van der Waals surface area contributed by atoms with Crippen LogP contribution in [-0.4, -0.2) is 32.3 Å². The molecule has 2 rings (SSSR count). The molecular weight excluding hydrogens is 347 g/mol. The van der Waals surface area contributed by atoms with Gasteiger partial charge in [-0.1, -0.05) is 11.6 Å². The highest BCUT2D eigenvalue weighted by atomic mass is 35.5. The second kappa shape index (κ2) is 9.86. The highest BCUT2D eigenvalue weighted by Crippen LogP contribution is 2.19. The minimum Gasteiger partial charge on any atom is -0.491 e. The number of amides is 1. The summed E-state index contributed by atoms with van der Waals surface area (Å²) in [6, 6.07) is 11.2. The molecule has 25 heavy (non-hydrogen) atoms. The van der Waals surface area contributed by atoms with E-state index in [-0.39, 0.29) is 17.5 Å². The van der Waals surface area contributed by atoms with Crippen molar-refractivity contribution in [3.8, 4) is 5.75 Å². The Balaban J connectivity index is 1.77. The zero-order valence-corrected chi connectivity index (χ0v) is 14.6. The lowest BCUT2D eigenvalue weighted by Gasteiger charge is -2.10. The summed E-state index contributed by atoms with van der Waals surface area (Å²) in [5.74, 6) is -0.0255. The van der Waals surface area contributed by atoms with Gasteiger partial charge in [-0.15, -0.1) is 0 Å². The maximum Gasteiger partial charge on any atom is 0.243 e. The fourth-order valence-corrected chi connectivity index (χ4v) is 2.17. The number of hydrogen-bond acceptors (Lipinski definition) is 4. The maximum absolute atomic E-state index is 13.1. The number of carbonyl (C=O) groups is 1. The molecule has 0 unspecified atom stereocenters. The Kier molecular flexibility index (Phi) is 7.50. The van der Waals surface area contributed by atoms with Crippen molar-refractivity contribution in [2.75, 3.05) is 37.0 Å². The van der Waals surface area contributed by atoms with Crippen molar-refractivity contribution in [3.63, 3.8) is 0 Å². The summed E-state index contributed by atoms with van der Waals surface area (Å²) in [6.07, 6.45) is 0. The van der Waals surface area contributed by atoms with Gasteiger partial charge in [-0.2, -0.15) is 0 Å². The van der Waals surface area contributed by atoms with E-state index in [1.165, 1.54) is 18.2 Å². The highest BCUT2D eigenvalue weighted by Gasteiger charge is 2.05. The normalized spacial score (nSPS) is 10.4. The van der Waals surface area contributed by atoms with Gasteiger partial charge in [-0.3, -0.25) is 4.79 Å². The van der Waals surface area contributed by atoms with Gasteiger partial charge in [-0.05, 0) is 49.4 Å². The summed E-state index contributed by atoms with van der Waals surface area (Å²) in [5, 5.41) is 5.64. The molecule has 0 saturated carbocycles. The molecule has 0 aliphatic rings. The van der Waals surface area contributed by atoms with Crippen molar-refractivity contribution < 1.29 is 18.7 Å². The van der Waals surface area contributed by atoms with Gasteiger partial charge >= 0.3 is 0 Å². The highest BCUT2D eigenvalue weighted by molar-refractivity contribution is 6.31. The summed E-state index contributed by atoms with van der Waals surface area (Å²) in [7, 11) is 0. The van der Waals surface area contributed by atoms with Gasteiger partial charge in [-0.25, -0.2) is 4.39 Å². The van der Waals surface area contributed by atoms with Crippen LogP contribution in [0.2, 0.25) is 5.02 Å². The van der Waals surface area contributed by atoms with Crippen LogP contribution in [0, 0.1) is 5.82 Å². The number of ether oxygens (including phenoxy) is 2. The summed E-state index contributed by atoms with van der Waals surface area (Å²) in [5.41, 5.74) is 1.22. The van der Waals surface area contributed by atoms with Gasteiger partial charge in [0, 0.05) is 18.0 Å². The molecule has 0 bridgehead atoms. The van der Waals surface area contributed by atoms with Crippen LogP contribution in [0.1, 0.15) is 6.92 Å². The maximum atomic E-state index is 13.1. The molecule has 0 aromatic heterocycles. The Morgan fingerprint density at radius 2 is 1.84 bits per heavy atom. The predicted molar refractivity (Wildman–Crippen MR) is 97.0 cm³/mol. The first-order valence-electron chi connectivity index (χ1n) is 7.88. The van der Waals surface area contributed by atoms with Crippen LogP contribution in [0.15, 0.2) is 42.5 Å². The van der Waals surface area contributed by atoms with Gasteiger partial charge in [0.25, 0.3) is 0 Å². The molecule has 0 fully saturated rings. The Hall–Kier alpha value is -2.31. The molecule has 2 N–H and O–H groups in total. The van der Waals surface area contributed by atoms with E-state index in [1.54, 1.807) is 24.3 Å². The van der Waals surface area contributed by atoms with Gasteiger partial charge < -0.3 is 20.1 Å². The van der Waals surface area contributed by atoms with Crippen LogP contribution in [0.4, 0.5) is 15.8 Å². The third-order valence-corrected chi connectivity index (χ3v) is 3.50. The van der Waals surface area contributed by atoms with E-state index in [1.807, 2.05) is 6.92 Å². The molecule has 1 amide bonds. The Morgan fingerprint density at radius 1 is 1.12 bits per heavy atom. The topological polar surface area (TPSA) is 59.6 Å². The lowest BCUT2D eigenvalue weighted by Crippen LogP contribution is -2.21. The zero-order valence-electron chi connectivity index (χ0n) is 13.9. The van der Waals surface area contributed by atoms with Gasteiger partial charge in [0.05, 0.1) is 18.2 Å². The molecule has 0 spiro atoms. The lowest BCUT2D eigenvalue weighted by atomic mass is 10.3. The van der Waals surface area contributed by atoms with Crippen LogP contribution in [0.25, 0.3) is 0 Å². The third-order valence-electron chi connectivity index (χ3n) is 3.21. The molecule has 5 nitrogen and oxygen atoms in total. The average molecular weight is 367 g/mol. The first kappa shape index (κ1) is 19.0. The van der Waals surface area contributed by atoms with Crippen LogP contribution in [0.5, 0.6) is 5.75 Å². The molecule has 0 aliphatic heterocycles. The van der Waals surface area contributed by atoms with Crippen molar-refractivity contribution >= 4 is 28.9 Å². The van der Waals surface area contributed by atoms with Crippen LogP contribution < -0.4 is 15.4 Å². The first-order valence-corrected chi connectivity index (χ1v) is 8.25. The number of hydrogen-bond donors (Lipinski definition) is 2. The fourth-order valence-electron chi connectivity index (χ4n) is 1.99. The predicted octanol–water partition coefficient (Wildman–Crippen LogP) is 3.95. The molecule has 0 aliphatic carbocycles. The van der Waals surface area contributed by atoms with Gasteiger partial charge in [0.2, 0.25) is 5.91 Å². The molecule has 134 valence electrons. The number of halogens is 2. The van der Waals surface area contributed by atoms with Crippen molar-refractivity contribution in [2.45, 2.75) is 6.92 Å². The van der Waals surface area contributed by atoms with E-state index in [2.05, 4.69) is 10.6 Å². The van der Waals surface area contributed by atoms with E-state index in [0.717, 1.165) is 0 Å².